The Hall–Kier alpha value is -1.87. The first-order valence-electron chi connectivity index (χ1n) is 6.93. The Labute approximate surface area is 160 Å². The second kappa shape index (κ2) is 7.35. The zero-order valence-electron chi connectivity index (χ0n) is 12.5. The van der Waals surface area contributed by atoms with Gasteiger partial charge in [0.05, 0.1) is 16.9 Å². The summed E-state index contributed by atoms with van der Waals surface area (Å²) in [5.41, 5.74) is 3.96. The molecule has 24 heavy (non-hydrogen) atoms. The lowest BCUT2D eigenvalue weighted by atomic mass is 10.2. The summed E-state index contributed by atoms with van der Waals surface area (Å²) < 4.78 is 12.6. The lowest BCUT2D eigenvalue weighted by Gasteiger charge is -2.00. The highest BCUT2D eigenvalue weighted by atomic mass is 127. The molecule has 0 spiro atoms. The number of benzene rings is 2. The normalized spacial score (nSPS) is 11.1. The smallest absolute Gasteiger partial charge is 0.307 e. The maximum absolute atomic E-state index is 12.2. The standard InChI is InChI=1S/C17H12BrIN2O3/c1-23-13-4-2-3-10(5-13)9-20-21-17(22)15-7-11-6-12(18)8-14(19)16(11)24-15/h2-9H,1H3,(H,21,22)/b20-9-. The van der Waals surface area contributed by atoms with Crippen molar-refractivity contribution in [2.75, 3.05) is 7.11 Å². The maximum atomic E-state index is 12.2. The maximum Gasteiger partial charge on any atom is 0.307 e. The van der Waals surface area contributed by atoms with Gasteiger partial charge in [0, 0.05) is 9.86 Å². The van der Waals surface area contributed by atoms with Crippen LogP contribution in [0.5, 0.6) is 5.75 Å². The third-order valence-electron chi connectivity index (χ3n) is 3.23. The predicted molar refractivity (Wildman–Crippen MR) is 105 cm³/mol. The van der Waals surface area contributed by atoms with Crippen molar-refractivity contribution in [3.05, 3.63) is 61.8 Å². The molecular weight excluding hydrogens is 487 g/mol. The van der Waals surface area contributed by atoms with Gasteiger partial charge in [0.25, 0.3) is 0 Å². The third-order valence-corrected chi connectivity index (χ3v) is 4.49. The molecule has 5 nitrogen and oxygen atoms in total. The minimum Gasteiger partial charge on any atom is -0.497 e. The molecule has 0 aliphatic carbocycles. The number of nitrogens with one attached hydrogen (secondary N) is 1. The summed E-state index contributed by atoms with van der Waals surface area (Å²) in [5, 5.41) is 4.81. The molecule has 3 aromatic rings. The van der Waals surface area contributed by atoms with E-state index in [1.54, 1.807) is 19.4 Å². The van der Waals surface area contributed by atoms with Crippen LogP contribution in [0, 0.1) is 3.57 Å². The highest BCUT2D eigenvalue weighted by molar-refractivity contribution is 14.1. The van der Waals surface area contributed by atoms with Gasteiger partial charge in [-0.05, 0) is 58.5 Å². The van der Waals surface area contributed by atoms with E-state index < -0.39 is 5.91 Å². The number of ether oxygens (including phenoxy) is 1. The van der Waals surface area contributed by atoms with Crippen molar-refractivity contribution < 1.29 is 13.9 Å². The summed E-state index contributed by atoms with van der Waals surface area (Å²) in [6.45, 7) is 0. The molecule has 0 aliphatic rings. The lowest BCUT2D eigenvalue weighted by Crippen LogP contribution is -2.16. The molecule has 0 saturated carbocycles. The minimum atomic E-state index is -0.405. The van der Waals surface area contributed by atoms with Crippen LogP contribution in [0.15, 0.2) is 56.5 Å². The Bertz CT molecular complexity index is 937. The van der Waals surface area contributed by atoms with Gasteiger partial charge in [-0.2, -0.15) is 5.10 Å². The number of nitrogens with zero attached hydrogens (tertiary/aromatic N) is 1. The van der Waals surface area contributed by atoms with E-state index in [-0.39, 0.29) is 5.76 Å². The fourth-order valence-electron chi connectivity index (χ4n) is 2.13. The summed E-state index contributed by atoms with van der Waals surface area (Å²) in [6.07, 6.45) is 1.55. The number of amides is 1. The van der Waals surface area contributed by atoms with E-state index in [1.165, 1.54) is 0 Å². The van der Waals surface area contributed by atoms with E-state index in [2.05, 4.69) is 49.0 Å². The van der Waals surface area contributed by atoms with Crippen molar-refractivity contribution >= 4 is 61.6 Å². The van der Waals surface area contributed by atoms with Gasteiger partial charge in [-0.3, -0.25) is 4.79 Å². The molecule has 2 aromatic carbocycles. The van der Waals surface area contributed by atoms with E-state index in [4.69, 9.17) is 9.15 Å². The van der Waals surface area contributed by atoms with Crippen molar-refractivity contribution in [2.24, 2.45) is 5.10 Å². The number of carbonyl (C=O) groups excluding carboxylic acids is 1. The van der Waals surface area contributed by atoms with Crippen molar-refractivity contribution in [3.63, 3.8) is 0 Å². The van der Waals surface area contributed by atoms with Crippen molar-refractivity contribution in [2.45, 2.75) is 0 Å². The minimum absolute atomic E-state index is 0.212. The van der Waals surface area contributed by atoms with Crippen LogP contribution in [0.2, 0.25) is 0 Å². The van der Waals surface area contributed by atoms with Crippen LogP contribution in [0.3, 0.4) is 0 Å². The largest absolute Gasteiger partial charge is 0.497 e. The van der Waals surface area contributed by atoms with Gasteiger partial charge in [-0.25, -0.2) is 5.43 Å². The fourth-order valence-corrected chi connectivity index (χ4v) is 3.79. The van der Waals surface area contributed by atoms with Crippen LogP contribution in [-0.2, 0) is 0 Å². The highest BCUT2D eigenvalue weighted by Crippen LogP contribution is 2.28. The number of methoxy groups -OCH3 is 1. The van der Waals surface area contributed by atoms with Crippen LogP contribution >= 0.6 is 38.5 Å². The summed E-state index contributed by atoms with van der Waals surface area (Å²) >= 11 is 5.59. The van der Waals surface area contributed by atoms with Crippen LogP contribution in [0.4, 0.5) is 0 Å². The second-order valence-electron chi connectivity index (χ2n) is 4.89. The molecule has 7 heteroatoms. The number of hydrogen-bond donors (Lipinski definition) is 1. The SMILES string of the molecule is COc1cccc(/C=N\NC(=O)c2cc3cc(Br)cc(I)c3o2)c1. The van der Waals surface area contributed by atoms with Gasteiger partial charge in [0.1, 0.15) is 11.3 Å². The number of hydrogen-bond acceptors (Lipinski definition) is 4. The topological polar surface area (TPSA) is 63.8 Å². The van der Waals surface area contributed by atoms with Gasteiger partial charge in [0.15, 0.2) is 5.76 Å². The number of furan rings is 1. The Morgan fingerprint density at radius 1 is 1.33 bits per heavy atom. The predicted octanol–water partition coefficient (Wildman–Crippen LogP) is 4.57. The Morgan fingerprint density at radius 2 is 2.17 bits per heavy atom. The third kappa shape index (κ3) is 3.78. The van der Waals surface area contributed by atoms with Crippen molar-refractivity contribution in [1.29, 1.82) is 0 Å². The van der Waals surface area contributed by atoms with E-state index >= 15 is 0 Å². The van der Waals surface area contributed by atoms with Gasteiger partial charge in [-0.15, -0.1) is 0 Å². The first-order valence-corrected chi connectivity index (χ1v) is 8.80. The molecule has 1 amide bonds. The van der Waals surface area contributed by atoms with E-state index in [0.29, 0.717) is 5.58 Å². The molecule has 0 saturated heterocycles. The van der Waals surface area contributed by atoms with E-state index in [1.807, 2.05) is 36.4 Å². The summed E-state index contributed by atoms with van der Waals surface area (Å²) in [4.78, 5) is 12.2. The van der Waals surface area contributed by atoms with Crippen LogP contribution in [-0.4, -0.2) is 19.2 Å². The van der Waals surface area contributed by atoms with Crippen LogP contribution in [0.1, 0.15) is 16.1 Å². The molecule has 1 heterocycles. The number of fused-ring (bicyclic) bond motifs is 1. The summed E-state index contributed by atoms with van der Waals surface area (Å²) in [6, 6.07) is 12.9. The average Bonchev–Trinajstić information content (AvgIpc) is 2.99. The lowest BCUT2D eigenvalue weighted by molar-refractivity contribution is 0.0929. The molecule has 122 valence electrons. The van der Waals surface area contributed by atoms with Gasteiger partial charge < -0.3 is 9.15 Å². The average molecular weight is 499 g/mol. The second-order valence-corrected chi connectivity index (χ2v) is 6.97. The molecule has 0 aliphatic heterocycles. The fraction of sp³-hybridized carbons (Fsp3) is 0.0588. The molecule has 3 rings (SSSR count). The zero-order chi connectivity index (χ0) is 17.1. The molecule has 0 fully saturated rings. The Morgan fingerprint density at radius 3 is 2.96 bits per heavy atom. The number of hydrazone groups is 1. The molecular formula is C17H12BrIN2O3. The molecule has 0 bridgehead atoms. The molecule has 0 radical (unpaired) electrons. The van der Waals surface area contributed by atoms with Crippen LogP contribution in [0.25, 0.3) is 11.0 Å². The van der Waals surface area contributed by atoms with E-state index in [0.717, 1.165) is 24.7 Å². The quantitative estimate of drug-likeness (QED) is 0.325. The Kier molecular flexibility index (Phi) is 5.20. The summed E-state index contributed by atoms with van der Waals surface area (Å²) in [5.74, 6) is 0.531. The van der Waals surface area contributed by atoms with Gasteiger partial charge in [0.2, 0.25) is 0 Å². The van der Waals surface area contributed by atoms with Crippen LogP contribution < -0.4 is 10.2 Å². The molecule has 0 atom stereocenters. The highest BCUT2D eigenvalue weighted by Gasteiger charge is 2.14. The van der Waals surface area contributed by atoms with Gasteiger partial charge >= 0.3 is 5.91 Å². The molecule has 1 N–H and O–H groups in total. The zero-order valence-corrected chi connectivity index (χ0v) is 16.3. The van der Waals surface area contributed by atoms with E-state index in [9.17, 15) is 4.79 Å². The first kappa shape index (κ1) is 17.0. The number of carbonyl (C=O) groups is 1. The first-order chi connectivity index (χ1) is 11.6. The molecule has 1 aromatic heterocycles. The van der Waals surface area contributed by atoms with Crippen molar-refractivity contribution in [1.82, 2.24) is 5.43 Å². The molecule has 0 unspecified atom stereocenters. The van der Waals surface area contributed by atoms with Gasteiger partial charge in [-0.1, -0.05) is 28.1 Å². The number of halogens is 2. The number of rotatable bonds is 4. The monoisotopic (exact) mass is 498 g/mol. The Balaban J connectivity index is 1.75. The van der Waals surface area contributed by atoms with Crippen molar-refractivity contribution in [3.8, 4) is 5.75 Å². The summed E-state index contributed by atoms with van der Waals surface area (Å²) in [7, 11) is 1.60.